The number of rotatable bonds is 4. The van der Waals surface area contributed by atoms with E-state index in [1.165, 1.54) is 0 Å². The van der Waals surface area contributed by atoms with Crippen molar-refractivity contribution in [1.82, 2.24) is 19.6 Å². The maximum Gasteiger partial charge on any atom is 0.237 e. The van der Waals surface area contributed by atoms with Crippen molar-refractivity contribution >= 4 is 40.2 Å². The van der Waals surface area contributed by atoms with E-state index in [1.54, 1.807) is 11.3 Å². The van der Waals surface area contributed by atoms with Gasteiger partial charge in [-0.1, -0.05) is 23.9 Å². The summed E-state index contributed by atoms with van der Waals surface area (Å²) >= 11 is 1.12. The first kappa shape index (κ1) is 17.4. The molecule has 0 saturated heterocycles. The number of hydrogen-bond acceptors (Lipinski definition) is 4. The van der Waals surface area contributed by atoms with Crippen LogP contribution in [-0.4, -0.2) is 30.7 Å². The number of anilines is 1. The number of nitrogens with zero attached hydrogens (tertiary/aromatic N) is 3. The molecule has 2 heterocycles. The molecule has 4 aromatic rings. The number of carbonyl (C=O) groups excluding carboxylic acids is 1. The van der Waals surface area contributed by atoms with Crippen LogP contribution in [0.15, 0.2) is 41.6 Å². The molecule has 0 spiro atoms. The molecule has 1 amide bonds. The number of nitrogens with one attached hydrogen (secondary N) is 2. The largest absolute Gasteiger partial charge is 0.323 e. The Morgan fingerprint density at radius 3 is 2.78 bits per heavy atom. The molecule has 2 aromatic carbocycles. The summed E-state index contributed by atoms with van der Waals surface area (Å²) in [7, 11) is 0. The summed E-state index contributed by atoms with van der Waals surface area (Å²) in [4.78, 5) is 16.7. The molecule has 1 atom stereocenters. The molecular weight excluding hydrogens is 379 g/mol. The van der Waals surface area contributed by atoms with Crippen molar-refractivity contribution in [2.75, 3.05) is 5.32 Å². The van der Waals surface area contributed by atoms with E-state index in [-0.39, 0.29) is 0 Å². The molecule has 0 aliphatic carbocycles. The quantitative estimate of drug-likeness (QED) is 0.410. The summed E-state index contributed by atoms with van der Waals surface area (Å²) in [6.45, 7) is 1.59. The number of hydrogen-bond donors (Lipinski definition) is 2. The van der Waals surface area contributed by atoms with Crippen LogP contribution in [0.1, 0.15) is 6.92 Å². The van der Waals surface area contributed by atoms with Crippen molar-refractivity contribution in [3.63, 3.8) is 0 Å². The minimum atomic E-state index is -1.63. The average Bonchev–Trinajstić information content (AvgIpc) is 3.22. The van der Waals surface area contributed by atoms with Crippen molar-refractivity contribution in [3.05, 3.63) is 53.8 Å². The second kappa shape index (κ2) is 6.62. The normalized spacial score (nSPS) is 12.6. The molecule has 0 unspecified atom stereocenters. The van der Waals surface area contributed by atoms with Crippen LogP contribution in [-0.2, 0) is 4.79 Å². The van der Waals surface area contributed by atoms with E-state index in [0.29, 0.717) is 10.9 Å². The maximum absolute atomic E-state index is 13.7. The van der Waals surface area contributed by atoms with Crippen LogP contribution in [0.4, 0.5) is 18.9 Å². The fourth-order valence-electron chi connectivity index (χ4n) is 2.59. The van der Waals surface area contributed by atoms with Gasteiger partial charge in [-0.15, -0.1) is 5.10 Å². The lowest BCUT2D eigenvalue weighted by atomic mass is 10.2. The monoisotopic (exact) mass is 391 g/mol. The van der Waals surface area contributed by atoms with Gasteiger partial charge in [0.05, 0.1) is 22.0 Å². The fraction of sp³-hybridized carbons (Fsp3) is 0.118. The van der Waals surface area contributed by atoms with Crippen molar-refractivity contribution in [3.8, 4) is 0 Å². The smallest absolute Gasteiger partial charge is 0.237 e. The lowest BCUT2D eigenvalue weighted by Crippen LogP contribution is -2.23. The number of imidazole rings is 1. The second-order valence-corrected chi connectivity index (χ2v) is 7.05. The van der Waals surface area contributed by atoms with Crippen molar-refractivity contribution < 1.29 is 18.0 Å². The minimum Gasteiger partial charge on any atom is -0.323 e. The molecule has 27 heavy (non-hydrogen) atoms. The number of benzene rings is 2. The summed E-state index contributed by atoms with van der Waals surface area (Å²) in [5.74, 6) is -4.45. The average molecular weight is 391 g/mol. The number of carbonyl (C=O) groups is 1. The summed E-state index contributed by atoms with van der Waals surface area (Å²) in [5.41, 5.74) is 1.17. The highest BCUT2D eigenvalue weighted by Gasteiger charge is 2.22. The van der Waals surface area contributed by atoms with E-state index in [2.05, 4.69) is 20.5 Å². The van der Waals surface area contributed by atoms with E-state index >= 15 is 0 Å². The lowest BCUT2D eigenvalue weighted by molar-refractivity contribution is -0.115. The third kappa shape index (κ3) is 3.01. The van der Waals surface area contributed by atoms with E-state index in [1.807, 2.05) is 24.3 Å². The Balaban J connectivity index is 1.57. The highest BCUT2D eigenvalue weighted by atomic mass is 32.2. The number of fused-ring (bicyclic) bond motifs is 3. The molecule has 138 valence electrons. The Hall–Kier alpha value is -3.01. The molecule has 0 fully saturated rings. The van der Waals surface area contributed by atoms with Gasteiger partial charge in [-0.3, -0.25) is 9.20 Å². The summed E-state index contributed by atoms with van der Waals surface area (Å²) in [5, 5.41) is 9.01. The van der Waals surface area contributed by atoms with E-state index < -0.39 is 34.3 Å². The Kier molecular flexibility index (Phi) is 4.27. The standard InChI is InChI=1S/C17H12F3N5OS/c1-8(15(26)21-11-7-6-9(18)13(19)14(11)20)27-17-24-23-16-22-10-4-2-3-5-12(10)25(16)17/h2-8H,1H3,(H,21,26)(H,22,23)/t8-/m0/s1. The predicted molar refractivity (Wildman–Crippen MR) is 95.1 cm³/mol. The van der Waals surface area contributed by atoms with Gasteiger partial charge in [0.25, 0.3) is 0 Å². The van der Waals surface area contributed by atoms with Crippen molar-refractivity contribution in [2.24, 2.45) is 0 Å². The molecule has 0 radical (unpaired) electrons. The first-order chi connectivity index (χ1) is 13.0. The molecule has 0 bridgehead atoms. The van der Waals surface area contributed by atoms with Crippen LogP contribution in [0, 0.1) is 17.5 Å². The first-order valence-electron chi connectivity index (χ1n) is 7.88. The third-order valence-electron chi connectivity index (χ3n) is 3.95. The number of amides is 1. The van der Waals surface area contributed by atoms with Crippen LogP contribution in [0.25, 0.3) is 16.8 Å². The van der Waals surface area contributed by atoms with Crippen LogP contribution in [0.2, 0.25) is 0 Å². The number of aromatic amines is 1. The molecular formula is C17H12F3N5OS. The van der Waals surface area contributed by atoms with Crippen LogP contribution in [0.3, 0.4) is 0 Å². The zero-order valence-electron chi connectivity index (χ0n) is 13.8. The Morgan fingerprint density at radius 2 is 1.96 bits per heavy atom. The SMILES string of the molecule is C[C@H](Sc1n[nH]c2nc3ccccc3n12)C(=O)Nc1ccc(F)c(F)c1F. The molecule has 6 nitrogen and oxygen atoms in total. The van der Waals surface area contributed by atoms with E-state index in [0.717, 1.165) is 34.9 Å². The number of halogens is 3. The third-order valence-corrected chi connectivity index (χ3v) is 5.00. The van der Waals surface area contributed by atoms with Gasteiger partial charge in [-0.2, -0.15) is 0 Å². The fourth-order valence-corrected chi connectivity index (χ4v) is 3.46. The van der Waals surface area contributed by atoms with Gasteiger partial charge in [0.1, 0.15) is 0 Å². The van der Waals surface area contributed by atoms with Gasteiger partial charge in [0.2, 0.25) is 11.7 Å². The van der Waals surface area contributed by atoms with Gasteiger partial charge in [-0.05, 0) is 31.2 Å². The minimum absolute atomic E-state index is 0.424. The Labute approximate surface area is 154 Å². The predicted octanol–water partition coefficient (Wildman–Crippen LogP) is 3.75. The number of aromatic nitrogens is 4. The molecule has 0 aliphatic heterocycles. The Bertz CT molecular complexity index is 1170. The molecule has 2 N–H and O–H groups in total. The maximum atomic E-state index is 13.7. The van der Waals surface area contributed by atoms with Gasteiger partial charge >= 0.3 is 0 Å². The van der Waals surface area contributed by atoms with Crippen LogP contribution < -0.4 is 5.32 Å². The summed E-state index contributed by atoms with van der Waals surface area (Å²) < 4.78 is 41.8. The molecule has 10 heteroatoms. The highest BCUT2D eigenvalue weighted by Crippen LogP contribution is 2.27. The second-order valence-electron chi connectivity index (χ2n) is 5.74. The zero-order chi connectivity index (χ0) is 19.1. The number of para-hydroxylation sites is 2. The Morgan fingerprint density at radius 1 is 1.19 bits per heavy atom. The van der Waals surface area contributed by atoms with Crippen molar-refractivity contribution in [2.45, 2.75) is 17.3 Å². The van der Waals surface area contributed by atoms with Gasteiger partial charge in [0, 0.05) is 0 Å². The van der Waals surface area contributed by atoms with Gasteiger partial charge in [0.15, 0.2) is 22.6 Å². The zero-order valence-corrected chi connectivity index (χ0v) is 14.6. The van der Waals surface area contributed by atoms with Gasteiger partial charge < -0.3 is 5.32 Å². The highest BCUT2D eigenvalue weighted by molar-refractivity contribution is 8.00. The first-order valence-corrected chi connectivity index (χ1v) is 8.76. The van der Waals surface area contributed by atoms with Crippen LogP contribution in [0.5, 0.6) is 0 Å². The summed E-state index contributed by atoms with van der Waals surface area (Å²) in [6, 6.07) is 9.17. The lowest BCUT2D eigenvalue weighted by Gasteiger charge is -2.12. The topological polar surface area (TPSA) is 75.1 Å². The van der Waals surface area contributed by atoms with E-state index in [9.17, 15) is 18.0 Å². The number of H-pyrrole nitrogens is 1. The summed E-state index contributed by atoms with van der Waals surface area (Å²) in [6.07, 6.45) is 0. The van der Waals surface area contributed by atoms with Crippen LogP contribution >= 0.6 is 11.8 Å². The number of thioether (sulfide) groups is 1. The molecule has 4 rings (SSSR count). The molecule has 0 saturated carbocycles. The molecule has 0 aliphatic rings. The van der Waals surface area contributed by atoms with E-state index in [4.69, 9.17) is 0 Å². The van der Waals surface area contributed by atoms with Crippen molar-refractivity contribution in [1.29, 1.82) is 0 Å². The van der Waals surface area contributed by atoms with Gasteiger partial charge in [-0.25, -0.2) is 23.3 Å². The molecule has 2 aromatic heterocycles.